The average molecular weight is 190 g/mol. The molecule has 0 aromatic heterocycles. The lowest BCUT2D eigenvalue weighted by Gasteiger charge is -2.23. The van der Waals surface area contributed by atoms with Crippen LogP contribution < -0.4 is 5.32 Å². The van der Waals surface area contributed by atoms with E-state index in [1.54, 1.807) is 0 Å². The van der Waals surface area contributed by atoms with Crippen LogP contribution in [0.4, 0.5) is 4.39 Å². The van der Waals surface area contributed by atoms with Gasteiger partial charge in [0.15, 0.2) is 0 Å². The first-order valence-corrected chi connectivity index (χ1v) is 4.99. The van der Waals surface area contributed by atoms with Crippen LogP contribution in [0.5, 0.6) is 0 Å². The summed E-state index contributed by atoms with van der Waals surface area (Å²) in [4.78, 5) is 1.98. The van der Waals surface area contributed by atoms with Gasteiger partial charge in [0.2, 0.25) is 0 Å². The van der Waals surface area contributed by atoms with Gasteiger partial charge in [0.05, 0.1) is 6.61 Å². The van der Waals surface area contributed by atoms with E-state index in [0.717, 1.165) is 13.1 Å². The maximum Gasteiger partial charge on any atom is 0.102 e. The Hall–Kier alpha value is -0.190. The molecule has 1 unspecified atom stereocenters. The molecule has 78 valence electrons. The fraction of sp³-hybridized carbons (Fsp3) is 1.00. The Morgan fingerprint density at radius 1 is 1.46 bits per heavy atom. The Labute approximate surface area is 78.9 Å². The molecule has 1 atom stereocenters. The third-order valence-corrected chi connectivity index (χ3v) is 2.46. The van der Waals surface area contributed by atoms with Crippen LogP contribution in [-0.2, 0) is 0 Å². The molecule has 1 aliphatic heterocycles. The SMILES string of the molecule is OCCN(CCF)CC1CCCN1. The number of aliphatic hydroxyl groups is 1. The van der Waals surface area contributed by atoms with E-state index in [-0.39, 0.29) is 13.3 Å². The Balaban J connectivity index is 2.19. The Kier molecular flexibility index (Phi) is 5.27. The molecule has 13 heavy (non-hydrogen) atoms. The van der Waals surface area contributed by atoms with Crippen molar-refractivity contribution in [2.75, 3.05) is 39.5 Å². The molecule has 1 fully saturated rings. The van der Waals surface area contributed by atoms with Crippen LogP contribution in [0.15, 0.2) is 0 Å². The predicted molar refractivity (Wildman–Crippen MR) is 50.5 cm³/mol. The molecule has 0 radical (unpaired) electrons. The van der Waals surface area contributed by atoms with Gasteiger partial charge in [-0.2, -0.15) is 0 Å². The zero-order chi connectivity index (χ0) is 9.52. The first-order valence-electron chi connectivity index (χ1n) is 4.99. The number of rotatable bonds is 6. The van der Waals surface area contributed by atoms with E-state index in [1.807, 2.05) is 4.90 Å². The van der Waals surface area contributed by atoms with Gasteiger partial charge in [0, 0.05) is 25.7 Å². The number of halogens is 1. The highest BCUT2D eigenvalue weighted by Crippen LogP contribution is 2.06. The van der Waals surface area contributed by atoms with Gasteiger partial charge < -0.3 is 10.4 Å². The zero-order valence-electron chi connectivity index (χ0n) is 8.01. The lowest BCUT2D eigenvalue weighted by molar-refractivity contribution is 0.175. The molecule has 3 nitrogen and oxygen atoms in total. The molecule has 1 rings (SSSR count). The smallest absolute Gasteiger partial charge is 0.102 e. The molecule has 1 aliphatic rings. The molecule has 0 aliphatic carbocycles. The molecular weight excluding hydrogens is 171 g/mol. The van der Waals surface area contributed by atoms with Gasteiger partial charge in [-0.1, -0.05) is 0 Å². The van der Waals surface area contributed by atoms with Crippen LogP contribution in [0.2, 0.25) is 0 Å². The maximum absolute atomic E-state index is 12.1. The van der Waals surface area contributed by atoms with E-state index in [4.69, 9.17) is 5.11 Å². The summed E-state index contributed by atoms with van der Waals surface area (Å²) < 4.78 is 12.1. The van der Waals surface area contributed by atoms with Crippen LogP contribution in [0, 0.1) is 0 Å². The molecule has 0 amide bonds. The number of aliphatic hydroxyl groups excluding tert-OH is 1. The number of hydrogen-bond donors (Lipinski definition) is 2. The minimum absolute atomic E-state index is 0.118. The normalized spacial score (nSPS) is 22.8. The van der Waals surface area contributed by atoms with Crippen LogP contribution in [0.3, 0.4) is 0 Å². The predicted octanol–water partition coefficient (Wildman–Crippen LogP) is 0.00220. The van der Waals surface area contributed by atoms with E-state index in [9.17, 15) is 4.39 Å². The monoisotopic (exact) mass is 190 g/mol. The van der Waals surface area contributed by atoms with Crippen molar-refractivity contribution >= 4 is 0 Å². The summed E-state index contributed by atoms with van der Waals surface area (Å²) in [5.74, 6) is 0. The first kappa shape index (κ1) is 10.9. The molecule has 2 N–H and O–H groups in total. The summed E-state index contributed by atoms with van der Waals surface area (Å²) in [6, 6.07) is 0.498. The lowest BCUT2D eigenvalue weighted by atomic mass is 10.2. The highest BCUT2D eigenvalue weighted by atomic mass is 19.1. The standard InChI is InChI=1S/C9H19FN2O/c10-3-5-12(6-7-13)8-9-2-1-4-11-9/h9,11,13H,1-8H2. The summed E-state index contributed by atoms with van der Waals surface area (Å²) in [7, 11) is 0. The molecule has 0 aromatic carbocycles. The molecule has 4 heteroatoms. The Morgan fingerprint density at radius 3 is 2.85 bits per heavy atom. The summed E-state index contributed by atoms with van der Waals surface area (Å²) in [5, 5.41) is 12.1. The topological polar surface area (TPSA) is 35.5 Å². The number of alkyl halides is 1. The van der Waals surface area contributed by atoms with Gasteiger partial charge in [-0.3, -0.25) is 4.90 Å². The highest BCUT2D eigenvalue weighted by Gasteiger charge is 2.17. The van der Waals surface area contributed by atoms with Gasteiger partial charge in [-0.25, -0.2) is 4.39 Å². The number of hydrogen-bond acceptors (Lipinski definition) is 3. The zero-order valence-corrected chi connectivity index (χ0v) is 8.01. The van der Waals surface area contributed by atoms with Crippen molar-refractivity contribution in [1.82, 2.24) is 10.2 Å². The quantitative estimate of drug-likeness (QED) is 0.619. The molecule has 0 bridgehead atoms. The Morgan fingerprint density at radius 2 is 2.31 bits per heavy atom. The minimum Gasteiger partial charge on any atom is -0.395 e. The van der Waals surface area contributed by atoms with E-state index >= 15 is 0 Å². The van der Waals surface area contributed by atoms with E-state index in [1.165, 1.54) is 12.8 Å². The summed E-state index contributed by atoms with van der Waals surface area (Å²) in [6.45, 7) is 2.76. The van der Waals surface area contributed by atoms with Gasteiger partial charge in [0.1, 0.15) is 6.67 Å². The Bertz CT molecular complexity index is 123. The van der Waals surface area contributed by atoms with Gasteiger partial charge in [0.25, 0.3) is 0 Å². The van der Waals surface area contributed by atoms with Crippen LogP contribution in [0.25, 0.3) is 0 Å². The average Bonchev–Trinajstić information content (AvgIpc) is 2.58. The molecule has 0 aromatic rings. The number of nitrogens with one attached hydrogen (secondary N) is 1. The molecule has 1 heterocycles. The van der Waals surface area contributed by atoms with Crippen molar-refractivity contribution in [1.29, 1.82) is 0 Å². The third kappa shape index (κ3) is 4.02. The molecular formula is C9H19FN2O. The lowest BCUT2D eigenvalue weighted by Crippen LogP contribution is -2.39. The van der Waals surface area contributed by atoms with Gasteiger partial charge in [-0.05, 0) is 19.4 Å². The largest absolute Gasteiger partial charge is 0.395 e. The van der Waals surface area contributed by atoms with Crippen molar-refractivity contribution in [3.8, 4) is 0 Å². The molecule has 0 spiro atoms. The van der Waals surface area contributed by atoms with Crippen molar-refractivity contribution in [3.05, 3.63) is 0 Å². The fourth-order valence-electron chi connectivity index (χ4n) is 1.78. The number of nitrogens with zero attached hydrogens (tertiary/aromatic N) is 1. The van der Waals surface area contributed by atoms with Crippen molar-refractivity contribution in [3.63, 3.8) is 0 Å². The molecule has 0 saturated carbocycles. The summed E-state index contributed by atoms with van der Waals surface area (Å²) >= 11 is 0. The first-order chi connectivity index (χ1) is 6.36. The summed E-state index contributed by atoms with van der Waals surface area (Å²) in [6.07, 6.45) is 2.39. The van der Waals surface area contributed by atoms with Crippen molar-refractivity contribution < 1.29 is 9.50 Å². The molecule has 1 saturated heterocycles. The second-order valence-corrected chi connectivity index (χ2v) is 3.51. The maximum atomic E-state index is 12.1. The van der Waals surface area contributed by atoms with Crippen LogP contribution in [0.1, 0.15) is 12.8 Å². The fourth-order valence-corrected chi connectivity index (χ4v) is 1.78. The van der Waals surface area contributed by atoms with E-state index in [0.29, 0.717) is 19.1 Å². The summed E-state index contributed by atoms with van der Waals surface area (Å²) in [5.41, 5.74) is 0. The van der Waals surface area contributed by atoms with Crippen LogP contribution >= 0.6 is 0 Å². The van der Waals surface area contributed by atoms with Gasteiger partial charge in [-0.15, -0.1) is 0 Å². The van der Waals surface area contributed by atoms with Crippen LogP contribution in [-0.4, -0.2) is 55.5 Å². The second-order valence-electron chi connectivity index (χ2n) is 3.51. The highest BCUT2D eigenvalue weighted by molar-refractivity contribution is 4.77. The van der Waals surface area contributed by atoms with Crippen molar-refractivity contribution in [2.45, 2.75) is 18.9 Å². The van der Waals surface area contributed by atoms with Crippen molar-refractivity contribution in [2.24, 2.45) is 0 Å². The van der Waals surface area contributed by atoms with E-state index < -0.39 is 0 Å². The van der Waals surface area contributed by atoms with E-state index in [2.05, 4.69) is 5.32 Å². The minimum atomic E-state index is -0.327. The van der Waals surface area contributed by atoms with Gasteiger partial charge >= 0.3 is 0 Å². The second kappa shape index (κ2) is 6.29. The third-order valence-electron chi connectivity index (χ3n) is 2.46.